The van der Waals surface area contributed by atoms with Crippen LogP contribution in [0.2, 0.25) is 10.0 Å². The standard InChI is InChI=1S/C25H18Cl2N2O5S/c26-15-6-8-16(9-7-15)29(11-12-30)24(32)14-5-10-17(25(33)34)19(13-14)28-23(31)22-21(27)18-3-1-2-4-20(18)35-22/h1-10,13,30H,11-12H2,(H,28,31)(H,33,34). The Bertz CT molecular complexity index is 1440. The van der Waals surface area contributed by atoms with Gasteiger partial charge in [-0.3, -0.25) is 9.59 Å². The molecule has 4 rings (SSSR count). The molecule has 7 nitrogen and oxygen atoms in total. The van der Waals surface area contributed by atoms with Crippen LogP contribution in [0.1, 0.15) is 30.4 Å². The highest BCUT2D eigenvalue weighted by Crippen LogP contribution is 2.36. The first-order valence-electron chi connectivity index (χ1n) is 10.3. The van der Waals surface area contributed by atoms with E-state index in [0.717, 1.165) is 4.70 Å². The number of carboxylic acid groups (broad SMARTS) is 1. The van der Waals surface area contributed by atoms with E-state index in [1.807, 2.05) is 12.1 Å². The number of carbonyl (C=O) groups is 3. The molecule has 0 fully saturated rings. The van der Waals surface area contributed by atoms with Crippen LogP contribution in [0.3, 0.4) is 0 Å². The maximum absolute atomic E-state index is 13.3. The van der Waals surface area contributed by atoms with E-state index in [4.69, 9.17) is 23.2 Å². The molecule has 10 heteroatoms. The first kappa shape index (κ1) is 24.7. The largest absolute Gasteiger partial charge is 0.478 e. The van der Waals surface area contributed by atoms with Crippen molar-refractivity contribution in [1.82, 2.24) is 0 Å². The summed E-state index contributed by atoms with van der Waals surface area (Å²) in [5, 5.41) is 23.2. The molecule has 178 valence electrons. The van der Waals surface area contributed by atoms with Crippen LogP contribution >= 0.6 is 34.5 Å². The highest BCUT2D eigenvalue weighted by molar-refractivity contribution is 7.21. The van der Waals surface area contributed by atoms with Crippen LogP contribution in [0.4, 0.5) is 11.4 Å². The Balaban J connectivity index is 1.69. The number of nitrogens with zero attached hydrogens (tertiary/aromatic N) is 1. The summed E-state index contributed by atoms with van der Waals surface area (Å²) in [7, 11) is 0. The maximum atomic E-state index is 13.3. The fourth-order valence-electron chi connectivity index (χ4n) is 3.53. The van der Waals surface area contributed by atoms with E-state index < -0.39 is 17.8 Å². The van der Waals surface area contributed by atoms with Crippen LogP contribution in [0.5, 0.6) is 0 Å². The topological polar surface area (TPSA) is 107 Å². The Labute approximate surface area is 214 Å². The van der Waals surface area contributed by atoms with Crippen molar-refractivity contribution >= 4 is 73.8 Å². The fourth-order valence-corrected chi connectivity index (χ4v) is 5.07. The number of carbonyl (C=O) groups excluding carboxylic acids is 2. The first-order valence-corrected chi connectivity index (χ1v) is 11.9. The monoisotopic (exact) mass is 528 g/mol. The summed E-state index contributed by atoms with van der Waals surface area (Å²) in [4.78, 5) is 39.7. The molecule has 1 heterocycles. The van der Waals surface area contributed by atoms with Crippen LogP contribution < -0.4 is 10.2 Å². The minimum absolute atomic E-state index is 0.000231. The SMILES string of the molecule is O=C(O)c1ccc(C(=O)N(CCO)c2ccc(Cl)cc2)cc1NC(=O)c1sc2ccccc2c1Cl. The summed E-state index contributed by atoms with van der Waals surface area (Å²) in [5.74, 6) is -2.35. The maximum Gasteiger partial charge on any atom is 0.337 e. The molecule has 0 saturated heterocycles. The lowest BCUT2D eigenvalue weighted by Crippen LogP contribution is -2.33. The number of rotatable bonds is 7. The smallest absolute Gasteiger partial charge is 0.337 e. The third-order valence-corrected chi connectivity index (χ3v) is 7.12. The van der Waals surface area contributed by atoms with Gasteiger partial charge in [-0.2, -0.15) is 0 Å². The predicted molar refractivity (Wildman–Crippen MR) is 138 cm³/mol. The number of aromatic carboxylic acids is 1. The van der Waals surface area contributed by atoms with Crippen LogP contribution in [0, 0.1) is 0 Å². The number of hydrogen-bond donors (Lipinski definition) is 3. The van der Waals surface area contributed by atoms with Crippen molar-refractivity contribution in [3.63, 3.8) is 0 Å². The molecular formula is C25H18Cl2N2O5S. The third kappa shape index (κ3) is 5.16. The molecule has 0 saturated carbocycles. The second kappa shape index (κ2) is 10.5. The second-order valence-corrected chi connectivity index (χ2v) is 9.28. The zero-order valence-electron chi connectivity index (χ0n) is 18.0. The number of halogens is 2. The molecule has 35 heavy (non-hydrogen) atoms. The van der Waals surface area contributed by atoms with Crippen molar-refractivity contribution in [3.05, 3.63) is 92.8 Å². The minimum Gasteiger partial charge on any atom is -0.478 e. The highest BCUT2D eigenvalue weighted by Gasteiger charge is 2.23. The van der Waals surface area contributed by atoms with Gasteiger partial charge in [0.1, 0.15) is 4.88 Å². The number of amides is 2. The van der Waals surface area contributed by atoms with Crippen LogP contribution in [-0.2, 0) is 0 Å². The lowest BCUT2D eigenvalue weighted by atomic mass is 10.1. The number of nitrogens with one attached hydrogen (secondary N) is 1. The van der Waals surface area contributed by atoms with Gasteiger partial charge in [0, 0.05) is 32.9 Å². The van der Waals surface area contributed by atoms with E-state index in [2.05, 4.69) is 5.32 Å². The molecule has 1 aromatic heterocycles. The van der Waals surface area contributed by atoms with Crippen molar-refractivity contribution in [2.24, 2.45) is 0 Å². The number of anilines is 2. The van der Waals surface area contributed by atoms with Crippen molar-refractivity contribution in [3.8, 4) is 0 Å². The average molecular weight is 529 g/mol. The second-order valence-electron chi connectivity index (χ2n) is 7.42. The van der Waals surface area contributed by atoms with Crippen molar-refractivity contribution in [1.29, 1.82) is 0 Å². The number of aliphatic hydroxyl groups is 1. The van der Waals surface area contributed by atoms with E-state index in [0.29, 0.717) is 16.1 Å². The van der Waals surface area contributed by atoms with Gasteiger partial charge >= 0.3 is 5.97 Å². The number of thiophene rings is 1. The molecule has 2 amide bonds. The molecule has 0 unspecified atom stereocenters. The van der Waals surface area contributed by atoms with Crippen molar-refractivity contribution in [2.75, 3.05) is 23.4 Å². The molecule has 3 N–H and O–H groups in total. The molecule has 0 bridgehead atoms. The third-order valence-electron chi connectivity index (χ3n) is 5.19. The number of fused-ring (bicyclic) bond motifs is 1. The van der Waals surface area contributed by atoms with Crippen LogP contribution in [-0.4, -0.2) is 41.1 Å². The Morgan fingerprint density at radius 1 is 0.971 bits per heavy atom. The summed E-state index contributed by atoms with van der Waals surface area (Å²) in [5.41, 5.74) is 0.379. The van der Waals surface area contributed by atoms with Crippen molar-refractivity contribution in [2.45, 2.75) is 0 Å². The molecule has 4 aromatic rings. The highest BCUT2D eigenvalue weighted by atomic mass is 35.5. The zero-order chi connectivity index (χ0) is 25.1. The van der Waals surface area contributed by atoms with E-state index >= 15 is 0 Å². The lowest BCUT2D eigenvalue weighted by Gasteiger charge is -2.22. The molecule has 0 spiro atoms. The molecule has 0 radical (unpaired) electrons. The fraction of sp³-hybridized carbons (Fsp3) is 0.0800. The molecule has 3 aromatic carbocycles. The average Bonchev–Trinajstić information content (AvgIpc) is 3.19. The van der Waals surface area contributed by atoms with Gasteiger partial charge in [-0.1, -0.05) is 41.4 Å². The van der Waals surface area contributed by atoms with Gasteiger partial charge in [0.2, 0.25) is 0 Å². The Kier molecular flexibility index (Phi) is 7.37. The molecular weight excluding hydrogens is 511 g/mol. The number of aliphatic hydroxyl groups excluding tert-OH is 1. The van der Waals surface area contributed by atoms with E-state index in [1.54, 1.807) is 36.4 Å². The first-order chi connectivity index (χ1) is 16.8. The predicted octanol–water partition coefficient (Wildman–Crippen LogP) is 5.80. The van der Waals surface area contributed by atoms with Gasteiger partial charge in [-0.25, -0.2) is 4.79 Å². The van der Waals surface area contributed by atoms with Gasteiger partial charge in [0.15, 0.2) is 0 Å². The van der Waals surface area contributed by atoms with Gasteiger partial charge < -0.3 is 20.4 Å². The summed E-state index contributed by atoms with van der Waals surface area (Å²) in [6, 6.07) is 17.6. The van der Waals surface area contributed by atoms with Gasteiger partial charge in [-0.05, 0) is 48.5 Å². The number of hydrogen-bond acceptors (Lipinski definition) is 5. The number of carboxylic acids is 1. The summed E-state index contributed by atoms with van der Waals surface area (Å²) in [6.45, 7) is -0.296. The molecule has 0 aliphatic carbocycles. The van der Waals surface area contributed by atoms with Gasteiger partial charge in [0.05, 0.1) is 22.9 Å². The van der Waals surface area contributed by atoms with Crippen LogP contribution in [0.25, 0.3) is 10.1 Å². The molecule has 0 aliphatic rings. The van der Waals surface area contributed by atoms with E-state index in [1.165, 1.54) is 34.4 Å². The Morgan fingerprint density at radius 2 is 1.69 bits per heavy atom. The summed E-state index contributed by atoms with van der Waals surface area (Å²) < 4.78 is 0.813. The van der Waals surface area contributed by atoms with Crippen molar-refractivity contribution < 1.29 is 24.6 Å². The van der Waals surface area contributed by atoms with E-state index in [9.17, 15) is 24.6 Å². The summed E-state index contributed by atoms with van der Waals surface area (Å²) >= 11 is 13.5. The normalized spacial score (nSPS) is 10.8. The van der Waals surface area contributed by atoms with Gasteiger partial charge in [-0.15, -0.1) is 11.3 Å². The van der Waals surface area contributed by atoms with Crippen LogP contribution in [0.15, 0.2) is 66.7 Å². The molecule has 0 aliphatic heterocycles. The lowest BCUT2D eigenvalue weighted by molar-refractivity contribution is 0.0697. The number of benzene rings is 3. The Morgan fingerprint density at radius 3 is 2.34 bits per heavy atom. The molecule has 0 atom stereocenters. The zero-order valence-corrected chi connectivity index (χ0v) is 20.3. The Hall–Kier alpha value is -3.43. The van der Waals surface area contributed by atoms with Gasteiger partial charge in [0.25, 0.3) is 11.8 Å². The minimum atomic E-state index is -1.27. The quantitative estimate of drug-likeness (QED) is 0.281. The summed E-state index contributed by atoms with van der Waals surface area (Å²) in [6.07, 6.45) is 0. The van der Waals surface area contributed by atoms with E-state index in [-0.39, 0.29) is 39.9 Å².